The number of Topliss-reactive ketones (excluding diaryl/α,β-unsaturated/α-hetero) is 3. The van der Waals surface area contributed by atoms with E-state index in [4.69, 9.17) is 0 Å². The van der Waals surface area contributed by atoms with E-state index in [2.05, 4.69) is 0 Å². The van der Waals surface area contributed by atoms with Crippen LogP contribution in [0.4, 0.5) is 0 Å². The SMILES string of the molecule is CC(C)=CCC(=O)[C@@]1(O)C(O)=C(C(=O)CC(C)C)C(=O)C1CC=C(C)C. The lowest BCUT2D eigenvalue weighted by Gasteiger charge is -2.27. The van der Waals surface area contributed by atoms with Crippen LogP contribution in [0, 0.1) is 11.8 Å². The van der Waals surface area contributed by atoms with Crippen molar-refractivity contribution in [3.63, 3.8) is 0 Å². The predicted octanol–water partition coefficient (Wildman–Crippen LogP) is 3.63. The first-order valence-electron chi connectivity index (χ1n) is 8.96. The second kappa shape index (κ2) is 8.58. The molecule has 0 aromatic rings. The Morgan fingerprint density at radius 1 is 1.12 bits per heavy atom. The standard InChI is InChI=1S/C21H30O5/c1-12(2)7-9-15-19(24)18(16(22)11-14(5)6)20(25)21(15,26)17(23)10-8-13(3)4/h7-8,14-15,25-26H,9-11H2,1-6H3/t15?,21-/m1/s1. The molecule has 5 heteroatoms. The summed E-state index contributed by atoms with van der Waals surface area (Å²) in [6.07, 6.45) is 3.39. The number of ketones is 3. The molecule has 1 aliphatic rings. The Labute approximate surface area is 155 Å². The summed E-state index contributed by atoms with van der Waals surface area (Å²) in [5.41, 5.74) is -0.972. The molecule has 26 heavy (non-hydrogen) atoms. The highest BCUT2D eigenvalue weighted by Gasteiger charge is 2.58. The van der Waals surface area contributed by atoms with Crippen molar-refractivity contribution in [1.82, 2.24) is 0 Å². The normalized spacial score (nSPS) is 22.6. The molecule has 0 aromatic carbocycles. The number of carbonyl (C=O) groups is 3. The Morgan fingerprint density at radius 2 is 1.65 bits per heavy atom. The highest BCUT2D eigenvalue weighted by Crippen LogP contribution is 2.41. The number of carbonyl (C=O) groups excluding carboxylic acids is 3. The van der Waals surface area contributed by atoms with E-state index in [9.17, 15) is 24.6 Å². The van der Waals surface area contributed by atoms with Crippen molar-refractivity contribution in [2.75, 3.05) is 0 Å². The van der Waals surface area contributed by atoms with E-state index in [-0.39, 0.29) is 25.2 Å². The zero-order chi connectivity index (χ0) is 20.2. The van der Waals surface area contributed by atoms with Crippen molar-refractivity contribution in [2.45, 2.75) is 66.4 Å². The second-order valence-corrected chi connectivity index (χ2v) is 7.85. The summed E-state index contributed by atoms with van der Waals surface area (Å²) in [5, 5.41) is 21.6. The summed E-state index contributed by atoms with van der Waals surface area (Å²) in [6, 6.07) is 0. The van der Waals surface area contributed by atoms with Crippen molar-refractivity contribution >= 4 is 17.3 Å². The molecular weight excluding hydrogens is 332 g/mol. The Bertz CT molecular complexity index is 685. The molecule has 1 rings (SSSR count). The zero-order valence-electron chi connectivity index (χ0n) is 16.5. The Balaban J connectivity index is 3.41. The van der Waals surface area contributed by atoms with Crippen LogP contribution in [0.25, 0.3) is 0 Å². The van der Waals surface area contributed by atoms with Crippen molar-refractivity contribution in [2.24, 2.45) is 11.8 Å². The van der Waals surface area contributed by atoms with Crippen LogP contribution in [-0.4, -0.2) is 33.2 Å². The molecule has 0 bridgehead atoms. The van der Waals surface area contributed by atoms with E-state index in [1.54, 1.807) is 12.2 Å². The van der Waals surface area contributed by atoms with E-state index in [0.29, 0.717) is 0 Å². The molecule has 1 aliphatic carbocycles. The minimum absolute atomic E-state index is 0.0121. The lowest BCUT2D eigenvalue weighted by molar-refractivity contribution is -0.144. The monoisotopic (exact) mass is 362 g/mol. The number of aliphatic hydroxyl groups excluding tert-OH is 1. The van der Waals surface area contributed by atoms with Gasteiger partial charge in [0.2, 0.25) is 0 Å². The highest BCUT2D eigenvalue weighted by atomic mass is 16.3. The van der Waals surface area contributed by atoms with E-state index < -0.39 is 40.2 Å². The number of hydrogen-bond acceptors (Lipinski definition) is 5. The van der Waals surface area contributed by atoms with Gasteiger partial charge in [0, 0.05) is 12.8 Å². The molecule has 0 aromatic heterocycles. The van der Waals surface area contributed by atoms with Crippen LogP contribution in [-0.2, 0) is 14.4 Å². The molecule has 2 N–H and O–H groups in total. The average Bonchev–Trinajstić information content (AvgIpc) is 2.69. The van der Waals surface area contributed by atoms with E-state index in [1.165, 1.54) is 0 Å². The molecule has 0 aliphatic heterocycles. The summed E-state index contributed by atoms with van der Waals surface area (Å²) in [4.78, 5) is 38.0. The van der Waals surface area contributed by atoms with Crippen LogP contribution in [0.1, 0.15) is 60.8 Å². The summed E-state index contributed by atoms with van der Waals surface area (Å²) < 4.78 is 0. The van der Waals surface area contributed by atoms with Gasteiger partial charge >= 0.3 is 0 Å². The van der Waals surface area contributed by atoms with E-state index >= 15 is 0 Å². The molecule has 5 nitrogen and oxygen atoms in total. The first-order valence-corrected chi connectivity index (χ1v) is 8.96. The van der Waals surface area contributed by atoms with Crippen LogP contribution < -0.4 is 0 Å². The van der Waals surface area contributed by atoms with Gasteiger partial charge in [0.1, 0.15) is 11.3 Å². The largest absolute Gasteiger partial charge is 0.508 e. The quantitative estimate of drug-likeness (QED) is 0.508. The summed E-state index contributed by atoms with van der Waals surface area (Å²) >= 11 is 0. The van der Waals surface area contributed by atoms with Crippen LogP contribution in [0.5, 0.6) is 0 Å². The fraction of sp³-hybridized carbons (Fsp3) is 0.571. The van der Waals surface area contributed by atoms with Crippen molar-refractivity contribution < 1.29 is 24.6 Å². The maximum atomic E-state index is 12.8. The molecule has 0 heterocycles. The van der Waals surface area contributed by atoms with Crippen molar-refractivity contribution in [1.29, 1.82) is 0 Å². The molecule has 0 saturated heterocycles. The first kappa shape index (κ1) is 22.0. The number of hydrogen-bond donors (Lipinski definition) is 2. The molecule has 0 saturated carbocycles. The van der Waals surface area contributed by atoms with Crippen LogP contribution >= 0.6 is 0 Å². The van der Waals surface area contributed by atoms with Gasteiger partial charge in [-0.3, -0.25) is 14.4 Å². The number of allylic oxidation sites excluding steroid dienone is 5. The molecule has 144 valence electrons. The summed E-state index contributed by atoms with van der Waals surface area (Å²) in [7, 11) is 0. The lowest BCUT2D eigenvalue weighted by atomic mass is 9.81. The highest BCUT2D eigenvalue weighted by molar-refractivity contribution is 6.26. The van der Waals surface area contributed by atoms with Gasteiger partial charge in [-0.2, -0.15) is 0 Å². The van der Waals surface area contributed by atoms with Crippen LogP contribution in [0.2, 0.25) is 0 Å². The van der Waals surface area contributed by atoms with Crippen LogP contribution in [0.3, 0.4) is 0 Å². The second-order valence-electron chi connectivity index (χ2n) is 7.85. The van der Waals surface area contributed by atoms with Crippen molar-refractivity contribution in [3.8, 4) is 0 Å². The topological polar surface area (TPSA) is 91.7 Å². The van der Waals surface area contributed by atoms with Gasteiger partial charge < -0.3 is 10.2 Å². The molecule has 2 atom stereocenters. The fourth-order valence-electron chi connectivity index (χ4n) is 2.99. The smallest absolute Gasteiger partial charge is 0.191 e. The van der Waals surface area contributed by atoms with Crippen molar-refractivity contribution in [3.05, 3.63) is 34.6 Å². The van der Waals surface area contributed by atoms with Gasteiger partial charge in [-0.25, -0.2) is 0 Å². The zero-order valence-corrected chi connectivity index (χ0v) is 16.5. The van der Waals surface area contributed by atoms with Gasteiger partial charge in [-0.05, 0) is 40.0 Å². The molecule has 1 unspecified atom stereocenters. The van der Waals surface area contributed by atoms with E-state index in [1.807, 2.05) is 41.5 Å². The third-order valence-electron chi connectivity index (χ3n) is 4.42. The average molecular weight is 362 g/mol. The summed E-state index contributed by atoms with van der Waals surface area (Å²) in [5.74, 6) is -3.84. The molecule has 0 amide bonds. The number of aliphatic hydroxyl groups is 2. The minimum atomic E-state index is -2.35. The van der Waals surface area contributed by atoms with Gasteiger partial charge in [0.05, 0.1) is 5.92 Å². The van der Waals surface area contributed by atoms with Gasteiger partial charge in [-0.15, -0.1) is 0 Å². The fourth-order valence-corrected chi connectivity index (χ4v) is 2.99. The Morgan fingerprint density at radius 3 is 2.12 bits per heavy atom. The van der Waals surface area contributed by atoms with Gasteiger partial charge in [0.25, 0.3) is 0 Å². The number of rotatable bonds is 8. The maximum Gasteiger partial charge on any atom is 0.191 e. The molecule has 0 fully saturated rings. The third kappa shape index (κ3) is 4.58. The van der Waals surface area contributed by atoms with Crippen LogP contribution in [0.15, 0.2) is 34.6 Å². The maximum absolute atomic E-state index is 12.8. The first-order chi connectivity index (χ1) is 11.9. The summed E-state index contributed by atoms with van der Waals surface area (Å²) in [6.45, 7) is 10.9. The Kier molecular flexibility index (Phi) is 7.27. The van der Waals surface area contributed by atoms with Gasteiger partial charge in [0.15, 0.2) is 23.0 Å². The molecular formula is C21H30O5. The third-order valence-corrected chi connectivity index (χ3v) is 4.42. The minimum Gasteiger partial charge on any atom is -0.508 e. The van der Waals surface area contributed by atoms with E-state index in [0.717, 1.165) is 11.1 Å². The molecule has 0 radical (unpaired) electrons. The van der Waals surface area contributed by atoms with Gasteiger partial charge in [-0.1, -0.05) is 37.1 Å². The predicted molar refractivity (Wildman–Crippen MR) is 101 cm³/mol. The molecule has 0 spiro atoms. The Hall–Kier alpha value is -2.01. The lowest BCUT2D eigenvalue weighted by Crippen LogP contribution is -2.46.